The molecule has 0 bridgehead atoms. The summed E-state index contributed by atoms with van der Waals surface area (Å²) in [5.41, 5.74) is -0.0572. The quantitative estimate of drug-likeness (QED) is 0.345. The van der Waals surface area contributed by atoms with Gasteiger partial charge in [-0.05, 0) is 30.5 Å². The Morgan fingerprint density at radius 3 is 2.21 bits per heavy atom. The van der Waals surface area contributed by atoms with Crippen LogP contribution in [0.1, 0.15) is 24.0 Å². The van der Waals surface area contributed by atoms with E-state index in [4.69, 9.17) is 4.74 Å². The number of rotatable bonds is 5. The van der Waals surface area contributed by atoms with Crippen LogP contribution in [0.5, 0.6) is 0 Å². The smallest absolute Gasteiger partial charge is 0.381 e. The first-order valence-corrected chi connectivity index (χ1v) is 10.3. The molecule has 1 saturated heterocycles. The van der Waals surface area contributed by atoms with E-state index in [-0.39, 0.29) is 37.1 Å². The van der Waals surface area contributed by atoms with Crippen LogP contribution in [-0.2, 0) is 27.3 Å². The molecular weight excluding hydrogens is 510 g/mol. The SMILES string of the molecule is CN=C(NCc1ccc(C(F)(F)F)cc1)NCC1(S(C)(=O)=O)CCOCC1.I. The Kier molecular flexibility index (Phi) is 9.00. The van der Waals surface area contributed by atoms with Crippen LogP contribution in [0, 0.1) is 0 Å². The average molecular weight is 535 g/mol. The van der Waals surface area contributed by atoms with Crippen LogP contribution in [0.25, 0.3) is 0 Å². The molecule has 2 N–H and O–H groups in total. The molecule has 1 aliphatic rings. The van der Waals surface area contributed by atoms with Crippen molar-refractivity contribution in [3.05, 3.63) is 35.4 Å². The molecular formula is C17H25F3IN3O3S. The molecule has 6 nitrogen and oxygen atoms in total. The average Bonchev–Trinajstić information content (AvgIpc) is 2.61. The monoisotopic (exact) mass is 535 g/mol. The fourth-order valence-electron chi connectivity index (χ4n) is 2.88. The highest BCUT2D eigenvalue weighted by molar-refractivity contribution is 14.0. The Morgan fingerprint density at radius 2 is 1.75 bits per heavy atom. The minimum Gasteiger partial charge on any atom is -0.381 e. The minimum atomic E-state index is -4.37. The van der Waals surface area contributed by atoms with Gasteiger partial charge in [-0.3, -0.25) is 4.99 Å². The van der Waals surface area contributed by atoms with Crippen molar-refractivity contribution in [2.45, 2.75) is 30.3 Å². The van der Waals surface area contributed by atoms with Crippen LogP contribution in [0.4, 0.5) is 13.2 Å². The van der Waals surface area contributed by atoms with Crippen LogP contribution in [0.3, 0.4) is 0 Å². The van der Waals surface area contributed by atoms with E-state index in [0.29, 0.717) is 37.6 Å². The van der Waals surface area contributed by atoms with Crippen LogP contribution < -0.4 is 10.6 Å². The Morgan fingerprint density at radius 1 is 1.18 bits per heavy atom. The lowest BCUT2D eigenvalue weighted by Gasteiger charge is -2.35. The Labute approximate surface area is 180 Å². The van der Waals surface area contributed by atoms with Gasteiger partial charge in [0.1, 0.15) is 0 Å². The first kappa shape index (κ1) is 25.0. The van der Waals surface area contributed by atoms with Crippen LogP contribution >= 0.6 is 24.0 Å². The topological polar surface area (TPSA) is 79.8 Å². The number of hydrogen-bond acceptors (Lipinski definition) is 4. The molecule has 1 aliphatic heterocycles. The molecule has 0 amide bonds. The maximum Gasteiger partial charge on any atom is 0.416 e. The fraction of sp³-hybridized carbons (Fsp3) is 0.588. The molecule has 11 heteroatoms. The van der Waals surface area contributed by atoms with E-state index in [9.17, 15) is 21.6 Å². The first-order valence-electron chi connectivity index (χ1n) is 8.45. The number of sulfone groups is 1. The van der Waals surface area contributed by atoms with Gasteiger partial charge in [-0.15, -0.1) is 24.0 Å². The second-order valence-corrected chi connectivity index (χ2v) is 8.95. The Hall–Kier alpha value is -1.08. The van der Waals surface area contributed by atoms with Crippen molar-refractivity contribution in [3.63, 3.8) is 0 Å². The molecule has 0 saturated carbocycles. The lowest BCUT2D eigenvalue weighted by Crippen LogP contribution is -2.53. The summed E-state index contributed by atoms with van der Waals surface area (Å²) in [6, 6.07) is 4.82. The second-order valence-electron chi connectivity index (χ2n) is 6.54. The normalized spacial score (nSPS) is 17.5. The number of hydrogen-bond donors (Lipinski definition) is 2. The minimum absolute atomic E-state index is 0. The number of halogens is 4. The van der Waals surface area contributed by atoms with Gasteiger partial charge in [0.05, 0.1) is 10.3 Å². The molecule has 28 heavy (non-hydrogen) atoms. The zero-order valence-electron chi connectivity index (χ0n) is 15.7. The molecule has 0 spiro atoms. The highest BCUT2D eigenvalue weighted by Gasteiger charge is 2.42. The van der Waals surface area contributed by atoms with E-state index in [0.717, 1.165) is 12.1 Å². The predicted molar refractivity (Wildman–Crippen MR) is 113 cm³/mol. The maximum atomic E-state index is 12.6. The summed E-state index contributed by atoms with van der Waals surface area (Å²) < 4.78 is 66.6. The second kappa shape index (κ2) is 10.1. The number of nitrogens with zero attached hydrogens (tertiary/aromatic N) is 1. The number of alkyl halides is 3. The van der Waals surface area contributed by atoms with E-state index < -0.39 is 26.3 Å². The Balaban J connectivity index is 0.00000392. The summed E-state index contributed by atoms with van der Waals surface area (Å²) in [4.78, 5) is 4.05. The van der Waals surface area contributed by atoms with Gasteiger partial charge in [0, 0.05) is 39.6 Å². The van der Waals surface area contributed by atoms with Gasteiger partial charge in [-0.2, -0.15) is 13.2 Å². The number of aliphatic imine (C=N–C) groups is 1. The summed E-state index contributed by atoms with van der Waals surface area (Å²) >= 11 is 0. The molecule has 0 atom stereocenters. The van der Waals surface area contributed by atoms with Crippen molar-refractivity contribution >= 4 is 39.8 Å². The van der Waals surface area contributed by atoms with Crippen molar-refractivity contribution in [1.29, 1.82) is 0 Å². The maximum absolute atomic E-state index is 12.6. The number of nitrogens with one attached hydrogen (secondary N) is 2. The third-order valence-electron chi connectivity index (χ3n) is 4.73. The third-order valence-corrected chi connectivity index (χ3v) is 6.86. The van der Waals surface area contributed by atoms with Gasteiger partial charge in [-0.1, -0.05) is 12.1 Å². The van der Waals surface area contributed by atoms with Gasteiger partial charge >= 0.3 is 6.18 Å². The van der Waals surface area contributed by atoms with Crippen LogP contribution in [0.2, 0.25) is 0 Å². The highest BCUT2D eigenvalue weighted by atomic mass is 127. The number of guanidine groups is 1. The fourth-order valence-corrected chi connectivity index (χ4v) is 4.13. The molecule has 1 aromatic carbocycles. The third kappa shape index (κ3) is 6.48. The summed E-state index contributed by atoms with van der Waals surface area (Å²) in [6.07, 6.45) is -2.35. The lowest BCUT2D eigenvalue weighted by atomic mass is 9.99. The summed E-state index contributed by atoms with van der Waals surface area (Å²) in [7, 11) is -1.77. The molecule has 0 aliphatic carbocycles. The summed E-state index contributed by atoms with van der Waals surface area (Å²) in [5, 5.41) is 6.00. The molecule has 1 aromatic rings. The standard InChI is InChI=1S/C17H24F3N3O3S.HI/c1-21-15(22-11-13-3-5-14(6-4-13)17(18,19)20)23-12-16(27(2,24)25)7-9-26-10-8-16;/h3-6H,7-12H2,1-2H3,(H2,21,22,23);1H. The van der Waals surface area contributed by atoms with Gasteiger partial charge in [0.25, 0.3) is 0 Å². The molecule has 0 unspecified atom stereocenters. The van der Waals surface area contributed by atoms with Crippen molar-refractivity contribution in [3.8, 4) is 0 Å². The van der Waals surface area contributed by atoms with Crippen molar-refractivity contribution in [1.82, 2.24) is 10.6 Å². The van der Waals surface area contributed by atoms with Crippen molar-refractivity contribution in [2.24, 2.45) is 4.99 Å². The molecule has 1 fully saturated rings. The van der Waals surface area contributed by atoms with Gasteiger partial charge < -0.3 is 15.4 Å². The summed E-state index contributed by atoms with van der Waals surface area (Å²) in [6.45, 7) is 1.20. The van der Waals surface area contributed by atoms with Gasteiger partial charge in [0.15, 0.2) is 15.8 Å². The van der Waals surface area contributed by atoms with E-state index in [2.05, 4.69) is 15.6 Å². The van der Waals surface area contributed by atoms with Crippen LogP contribution in [0.15, 0.2) is 29.3 Å². The van der Waals surface area contributed by atoms with E-state index >= 15 is 0 Å². The zero-order chi connectivity index (χ0) is 20.1. The van der Waals surface area contributed by atoms with E-state index in [1.54, 1.807) is 7.05 Å². The Bertz CT molecular complexity index is 762. The first-order chi connectivity index (χ1) is 12.6. The predicted octanol–water partition coefficient (Wildman–Crippen LogP) is 2.58. The molecule has 0 radical (unpaired) electrons. The summed E-state index contributed by atoms with van der Waals surface area (Å²) in [5.74, 6) is 0.379. The van der Waals surface area contributed by atoms with Gasteiger partial charge in [-0.25, -0.2) is 8.42 Å². The molecule has 160 valence electrons. The van der Waals surface area contributed by atoms with Crippen molar-refractivity contribution < 1.29 is 26.3 Å². The molecule has 0 aromatic heterocycles. The lowest BCUT2D eigenvalue weighted by molar-refractivity contribution is -0.137. The number of benzene rings is 1. The molecule has 2 rings (SSSR count). The number of ether oxygens (including phenoxy) is 1. The zero-order valence-corrected chi connectivity index (χ0v) is 18.8. The van der Waals surface area contributed by atoms with E-state index in [1.807, 2.05) is 0 Å². The van der Waals surface area contributed by atoms with Crippen LogP contribution in [-0.4, -0.2) is 52.2 Å². The molecule has 1 heterocycles. The largest absolute Gasteiger partial charge is 0.416 e. The van der Waals surface area contributed by atoms with Crippen molar-refractivity contribution in [2.75, 3.05) is 33.1 Å². The van der Waals surface area contributed by atoms with E-state index in [1.165, 1.54) is 18.4 Å². The highest BCUT2D eigenvalue weighted by Crippen LogP contribution is 2.29. The van der Waals surface area contributed by atoms with Gasteiger partial charge in [0.2, 0.25) is 0 Å².